The lowest BCUT2D eigenvalue weighted by molar-refractivity contribution is 0.689. The van der Waals surface area contributed by atoms with Gasteiger partial charge in [-0.1, -0.05) is 12.1 Å². The highest BCUT2D eigenvalue weighted by atomic mass is 79.9. The lowest BCUT2D eigenvalue weighted by Gasteiger charge is -2.11. The summed E-state index contributed by atoms with van der Waals surface area (Å²) in [6.07, 6.45) is 2.45. The van der Waals surface area contributed by atoms with Gasteiger partial charge < -0.3 is 5.73 Å². The van der Waals surface area contributed by atoms with Crippen LogP contribution in [0.25, 0.3) is 10.2 Å². The second kappa shape index (κ2) is 5.89. The number of fused-ring (bicyclic) bond motifs is 1. The summed E-state index contributed by atoms with van der Waals surface area (Å²) in [5, 5.41) is 1.04. The molecule has 0 aliphatic carbocycles. The summed E-state index contributed by atoms with van der Waals surface area (Å²) in [7, 11) is 0. The van der Waals surface area contributed by atoms with E-state index in [1.54, 1.807) is 17.5 Å². The van der Waals surface area contributed by atoms with Crippen molar-refractivity contribution >= 4 is 53.4 Å². The van der Waals surface area contributed by atoms with Crippen molar-refractivity contribution in [3.8, 4) is 0 Å². The van der Waals surface area contributed by atoms with Crippen molar-refractivity contribution < 1.29 is 0 Å². The number of benzene rings is 1. The molecular formula is C14H11Br2N3S. The Balaban J connectivity index is 1.86. The Morgan fingerprint density at radius 2 is 2.05 bits per heavy atom. The molecule has 3 nitrogen and oxygen atoms in total. The van der Waals surface area contributed by atoms with Crippen molar-refractivity contribution in [1.82, 2.24) is 9.97 Å². The molecule has 2 aromatic heterocycles. The molecule has 1 unspecified atom stereocenters. The lowest BCUT2D eigenvalue weighted by atomic mass is 10.1. The van der Waals surface area contributed by atoms with E-state index in [0.717, 1.165) is 25.2 Å². The third-order valence-electron chi connectivity index (χ3n) is 2.92. The average Bonchev–Trinajstić information content (AvgIpc) is 2.80. The highest BCUT2D eigenvalue weighted by molar-refractivity contribution is 9.11. The summed E-state index contributed by atoms with van der Waals surface area (Å²) in [5.74, 6) is 0. The minimum Gasteiger partial charge on any atom is -0.322 e. The van der Waals surface area contributed by atoms with Gasteiger partial charge in [0.1, 0.15) is 0 Å². The first-order chi connectivity index (χ1) is 9.63. The Kier molecular flexibility index (Phi) is 4.16. The van der Waals surface area contributed by atoms with E-state index in [4.69, 9.17) is 5.73 Å². The van der Waals surface area contributed by atoms with Gasteiger partial charge in [0.25, 0.3) is 0 Å². The SMILES string of the molecule is NC(Cc1nc2ccccc2s1)c1ncc(Br)cc1Br. The van der Waals surface area contributed by atoms with Crippen LogP contribution in [0, 0.1) is 0 Å². The molecule has 102 valence electrons. The summed E-state index contributed by atoms with van der Waals surface area (Å²) >= 11 is 8.58. The van der Waals surface area contributed by atoms with Crippen molar-refractivity contribution in [2.75, 3.05) is 0 Å². The third kappa shape index (κ3) is 2.93. The van der Waals surface area contributed by atoms with Gasteiger partial charge in [-0.2, -0.15) is 0 Å². The lowest BCUT2D eigenvalue weighted by Crippen LogP contribution is -2.15. The van der Waals surface area contributed by atoms with Crippen LogP contribution in [-0.4, -0.2) is 9.97 Å². The smallest absolute Gasteiger partial charge is 0.0958 e. The molecule has 2 heterocycles. The molecule has 0 saturated heterocycles. The number of aromatic nitrogens is 2. The minimum absolute atomic E-state index is 0.168. The Morgan fingerprint density at radius 3 is 2.80 bits per heavy atom. The molecule has 1 atom stereocenters. The van der Waals surface area contributed by atoms with Crippen LogP contribution in [0.4, 0.5) is 0 Å². The van der Waals surface area contributed by atoms with Crippen LogP contribution in [-0.2, 0) is 6.42 Å². The second-order valence-electron chi connectivity index (χ2n) is 4.41. The number of nitrogens with two attached hydrogens (primary N) is 1. The zero-order valence-corrected chi connectivity index (χ0v) is 14.4. The number of pyridine rings is 1. The number of hydrogen-bond acceptors (Lipinski definition) is 4. The molecular weight excluding hydrogens is 402 g/mol. The number of para-hydroxylation sites is 1. The van der Waals surface area contributed by atoms with Gasteiger partial charge in [0.15, 0.2) is 0 Å². The normalized spacial score (nSPS) is 12.8. The fourth-order valence-corrected chi connectivity index (χ4v) is 4.30. The van der Waals surface area contributed by atoms with Gasteiger partial charge in [-0.05, 0) is 50.1 Å². The van der Waals surface area contributed by atoms with Gasteiger partial charge in [0.05, 0.1) is 27.0 Å². The van der Waals surface area contributed by atoms with Gasteiger partial charge in [-0.15, -0.1) is 11.3 Å². The van der Waals surface area contributed by atoms with Crippen LogP contribution in [0.1, 0.15) is 16.7 Å². The minimum atomic E-state index is -0.168. The van der Waals surface area contributed by atoms with Gasteiger partial charge in [0, 0.05) is 21.6 Å². The van der Waals surface area contributed by atoms with E-state index < -0.39 is 0 Å². The summed E-state index contributed by atoms with van der Waals surface area (Å²) in [6, 6.07) is 9.92. The quantitative estimate of drug-likeness (QED) is 0.690. The van der Waals surface area contributed by atoms with Crippen LogP contribution >= 0.6 is 43.2 Å². The maximum Gasteiger partial charge on any atom is 0.0958 e. The van der Waals surface area contributed by atoms with Gasteiger partial charge in [-0.25, -0.2) is 4.98 Å². The molecule has 20 heavy (non-hydrogen) atoms. The molecule has 0 fully saturated rings. The highest BCUT2D eigenvalue weighted by Crippen LogP contribution is 2.28. The Morgan fingerprint density at radius 1 is 1.25 bits per heavy atom. The van der Waals surface area contributed by atoms with Gasteiger partial charge >= 0.3 is 0 Å². The van der Waals surface area contributed by atoms with Crippen molar-refractivity contribution in [3.63, 3.8) is 0 Å². The number of nitrogens with zero attached hydrogens (tertiary/aromatic N) is 2. The van der Waals surface area contributed by atoms with E-state index in [-0.39, 0.29) is 6.04 Å². The van der Waals surface area contributed by atoms with E-state index >= 15 is 0 Å². The zero-order chi connectivity index (χ0) is 14.1. The summed E-state index contributed by atoms with van der Waals surface area (Å²) in [4.78, 5) is 9.00. The molecule has 0 aliphatic rings. The molecule has 6 heteroatoms. The predicted octanol–water partition coefficient (Wildman–Crippen LogP) is 4.46. The monoisotopic (exact) mass is 411 g/mol. The Bertz CT molecular complexity index is 724. The first-order valence-electron chi connectivity index (χ1n) is 6.04. The van der Waals surface area contributed by atoms with Crippen LogP contribution in [0.5, 0.6) is 0 Å². The zero-order valence-electron chi connectivity index (χ0n) is 10.4. The Hall–Kier alpha value is -0.820. The molecule has 0 radical (unpaired) electrons. The first-order valence-corrected chi connectivity index (χ1v) is 8.44. The topological polar surface area (TPSA) is 51.8 Å². The van der Waals surface area contributed by atoms with E-state index in [1.807, 2.05) is 24.3 Å². The maximum atomic E-state index is 6.26. The van der Waals surface area contributed by atoms with Crippen LogP contribution in [0.2, 0.25) is 0 Å². The summed E-state index contributed by atoms with van der Waals surface area (Å²) < 4.78 is 3.04. The van der Waals surface area contributed by atoms with Gasteiger partial charge in [-0.3, -0.25) is 4.98 Å². The summed E-state index contributed by atoms with van der Waals surface area (Å²) in [6.45, 7) is 0. The fraction of sp³-hybridized carbons (Fsp3) is 0.143. The number of hydrogen-bond donors (Lipinski definition) is 1. The number of thiazole rings is 1. The molecule has 0 spiro atoms. The van der Waals surface area contributed by atoms with Gasteiger partial charge in [0.2, 0.25) is 0 Å². The molecule has 3 aromatic rings. The van der Waals surface area contributed by atoms with E-state index in [0.29, 0.717) is 6.42 Å². The fourth-order valence-electron chi connectivity index (χ4n) is 1.99. The largest absolute Gasteiger partial charge is 0.322 e. The maximum absolute atomic E-state index is 6.26. The van der Waals surface area contributed by atoms with Crippen molar-refractivity contribution in [1.29, 1.82) is 0 Å². The van der Waals surface area contributed by atoms with Crippen LogP contribution < -0.4 is 5.73 Å². The number of rotatable bonds is 3. The van der Waals surface area contributed by atoms with Crippen LogP contribution in [0.15, 0.2) is 45.5 Å². The molecule has 0 bridgehead atoms. The highest BCUT2D eigenvalue weighted by Gasteiger charge is 2.15. The molecule has 0 saturated carbocycles. The predicted molar refractivity (Wildman–Crippen MR) is 89.9 cm³/mol. The molecule has 0 amide bonds. The van der Waals surface area contributed by atoms with E-state index in [1.165, 1.54) is 4.70 Å². The van der Waals surface area contributed by atoms with E-state index in [9.17, 15) is 0 Å². The van der Waals surface area contributed by atoms with E-state index in [2.05, 4.69) is 47.9 Å². The first kappa shape index (κ1) is 14.1. The molecule has 0 aliphatic heterocycles. The third-order valence-corrected chi connectivity index (χ3v) is 5.05. The summed E-state index contributed by atoms with van der Waals surface area (Å²) in [5.41, 5.74) is 8.14. The average molecular weight is 413 g/mol. The molecule has 2 N–H and O–H groups in total. The van der Waals surface area contributed by atoms with Crippen molar-refractivity contribution in [2.45, 2.75) is 12.5 Å². The van der Waals surface area contributed by atoms with Crippen molar-refractivity contribution in [2.24, 2.45) is 5.73 Å². The standard InChI is InChI=1S/C14H11Br2N3S/c15-8-5-9(16)14(18-7-8)10(17)6-13-19-11-3-1-2-4-12(11)20-13/h1-5,7,10H,6,17H2. The molecule has 3 rings (SSSR count). The van der Waals surface area contributed by atoms with Crippen molar-refractivity contribution in [3.05, 3.63) is 56.2 Å². The number of halogens is 2. The second-order valence-corrected chi connectivity index (χ2v) is 7.29. The Labute approximate surface area is 137 Å². The molecule has 1 aromatic carbocycles. The van der Waals surface area contributed by atoms with Crippen LogP contribution in [0.3, 0.4) is 0 Å².